The van der Waals surface area contributed by atoms with Crippen molar-refractivity contribution >= 4 is 40.8 Å². The van der Waals surface area contributed by atoms with Gasteiger partial charge in [-0.3, -0.25) is 9.59 Å². The lowest BCUT2D eigenvalue weighted by atomic mass is 10.1. The normalized spacial score (nSPS) is 11.8. The molecule has 2 rings (SSSR count). The van der Waals surface area contributed by atoms with Crippen molar-refractivity contribution < 1.29 is 27.8 Å². The molecule has 0 fully saturated rings. The molecule has 0 saturated heterocycles. The molecule has 144 valence electrons. The van der Waals surface area contributed by atoms with Crippen LogP contribution in [-0.4, -0.2) is 24.6 Å². The Hall–Kier alpha value is -2.38. The molecule has 0 aliphatic carbocycles. The smallest absolute Gasteiger partial charge is 0.387 e. The van der Waals surface area contributed by atoms with Gasteiger partial charge < -0.3 is 14.8 Å². The third-order valence-electron chi connectivity index (χ3n) is 3.39. The second-order valence-electron chi connectivity index (χ2n) is 5.41. The third-order valence-corrected chi connectivity index (χ3v) is 4.05. The van der Waals surface area contributed by atoms with Gasteiger partial charge in [-0.25, -0.2) is 0 Å². The van der Waals surface area contributed by atoms with E-state index in [-0.39, 0.29) is 22.9 Å². The Balaban J connectivity index is 1.92. The number of benzene rings is 2. The van der Waals surface area contributed by atoms with Gasteiger partial charge in [0.25, 0.3) is 5.91 Å². The first-order chi connectivity index (χ1) is 12.8. The van der Waals surface area contributed by atoms with Crippen LogP contribution in [0.4, 0.5) is 14.5 Å². The molecule has 2 aromatic carbocycles. The van der Waals surface area contributed by atoms with Gasteiger partial charge in [0.15, 0.2) is 6.10 Å². The van der Waals surface area contributed by atoms with E-state index < -0.39 is 24.6 Å². The van der Waals surface area contributed by atoms with Gasteiger partial charge in [-0.1, -0.05) is 41.4 Å². The van der Waals surface area contributed by atoms with E-state index in [1.165, 1.54) is 25.1 Å². The molecule has 1 amide bonds. The number of halogens is 4. The molecule has 1 unspecified atom stereocenters. The number of esters is 1. The summed E-state index contributed by atoms with van der Waals surface area (Å²) in [5.74, 6) is -1.45. The van der Waals surface area contributed by atoms with Crippen LogP contribution in [0, 0.1) is 0 Å². The van der Waals surface area contributed by atoms with Crippen molar-refractivity contribution in [1.29, 1.82) is 0 Å². The highest BCUT2D eigenvalue weighted by molar-refractivity contribution is 6.32. The summed E-state index contributed by atoms with van der Waals surface area (Å²) in [6.07, 6.45) is -1.17. The SMILES string of the molecule is CC(OC(=O)Cc1ccccc1Cl)C(=O)Nc1ccc(OC(F)F)c(Cl)c1. The van der Waals surface area contributed by atoms with Crippen LogP contribution < -0.4 is 10.1 Å². The van der Waals surface area contributed by atoms with E-state index in [4.69, 9.17) is 27.9 Å². The van der Waals surface area contributed by atoms with E-state index in [1.54, 1.807) is 24.3 Å². The van der Waals surface area contributed by atoms with Gasteiger partial charge in [0.1, 0.15) is 5.75 Å². The highest BCUT2D eigenvalue weighted by Gasteiger charge is 2.19. The lowest BCUT2D eigenvalue weighted by Crippen LogP contribution is -2.30. The first kappa shape index (κ1) is 20.9. The van der Waals surface area contributed by atoms with Crippen molar-refractivity contribution in [3.05, 3.63) is 58.1 Å². The van der Waals surface area contributed by atoms with E-state index >= 15 is 0 Å². The van der Waals surface area contributed by atoms with Crippen molar-refractivity contribution in [2.24, 2.45) is 0 Å². The Bertz CT molecular complexity index is 833. The van der Waals surface area contributed by atoms with Gasteiger partial charge in [0, 0.05) is 10.7 Å². The van der Waals surface area contributed by atoms with Crippen molar-refractivity contribution in [1.82, 2.24) is 0 Å². The van der Waals surface area contributed by atoms with Gasteiger partial charge in [-0.2, -0.15) is 8.78 Å². The molecule has 5 nitrogen and oxygen atoms in total. The van der Waals surface area contributed by atoms with Gasteiger partial charge >= 0.3 is 12.6 Å². The maximum absolute atomic E-state index is 12.2. The maximum Gasteiger partial charge on any atom is 0.387 e. The van der Waals surface area contributed by atoms with Crippen molar-refractivity contribution in [2.75, 3.05) is 5.32 Å². The molecule has 0 aromatic heterocycles. The molecule has 9 heteroatoms. The average Bonchev–Trinajstić information content (AvgIpc) is 2.59. The summed E-state index contributed by atoms with van der Waals surface area (Å²) < 4.78 is 33.7. The molecule has 2 aromatic rings. The Kier molecular flexibility index (Phi) is 7.38. The van der Waals surface area contributed by atoms with E-state index in [1.807, 2.05) is 0 Å². The minimum atomic E-state index is -3.01. The van der Waals surface area contributed by atoms with E-state index in [0.29, 0.717) is 10.6 Å². The molecule has 1 atom stereocenters. The summed E-state index contributed by atoms with van der Waals surface area (Å²) in [7, 11) is 0. The Morgan fingerprint density at radius 2 is 1.81 bits per heavy atom. The summed E-state index contributed by atoms with van der Waals surface area (Å²) in [6, 6.07) is 10.6. The highest BCUT2D eigenvalue weighted by Crippen LogP contribution is 2.29. The summed E-state index contributed by atoms with van der Waals surface area (Å²) in [4.78, 5) is 24.1. The number of anilines is 1. The van der Waals surface area contributed by atoms with Gasteiger partial charge in [-0.15, -0.1) is 0 Å². The first-order valence-electron chi connectivity index (χ1n) is 7.74. The quantitative estimate of drug-likeness (QED) is 0.662. The zero-order valence-electron chi connectivity index (χ0n) is 14.0. The molecular weight excluding hydrogens is 403 g/mol. The largest absolute Gasteiger partial charge is 0.452 e. The first-order valence-corrected chi connectivity index (χ1v) is 8.50. The predicted octanol–water partition coefficient (Wildman–Crippen LogP) is 4.71. The maximum atomic E-state index is 12.2. The molecule has 1 N–H and O–H groups in total. The average molecular weight is 418 g/mol. The molecule has 0 saturated carbocycles. The standard InChI is InChI=1S/C18H15Cl2F2NO4/c1-10(26-16(24)8-11-4-2-3-5-13(11)19)17(25)23-12-6-7-15(14(20)9-12)27-18(21)22/h2-7,9-10,18H,8H2,1H3,(H,23,25). The van der Waals surface area contributed by atoms with Crippen LogP contribution >= 0.6 is 23.2 Å². The zero-order valence-corrected chi connectivity index (χ0v) is 15.6. The van der Waals surface area contributed by atoms with Gasteiger partial charge in [0.2, 0.25) is 0 Å². The molecule has 0 spiro atoms. The molecule has 0 heterocycles. The fraction of sp³-hybridized carbons (Fsp3) is 0.222. The number of ether oxygens (including phenoxy) is 2. The number of rotatable bonds is 7. The van der Waals surface area contributed by atoms with Gasteiger partial charge in [0.05, 0.1) is 11.4 Å². The van der Waals surface area contributed by atoms with Crippen molar-refractivity contribution in [2.45, 2.75) is 26.1 Å². The number of carbonyl (C=O) groups is 2. The Morgan fingerprint density at radius 1 is 1.11 bits per heavy atom. The fourth-order valence-corrected chi connectivity index (χ4v) is 2.53. The van der Waals surface area contributed by atoms with Crippen LogP contribution in [0.15, 0.2) is 42.5 Å². The number of nitrogens with one attached hydrogen (secondary N) is 1. The number of carbonyl (C=O) groups excluding carboxylic acids is 2. The van der Waals surface area contributed by atoms with Gasteiger partial charge in [-0.05, 0) is 36.8 Å². The van der Waals surface area contributed by atoms with Crippen LogP contribution in [-0.2, 0) is 20.7 Å². The van der Waals surface area contributed by atoms with Crippen LogP contribution in [0.2, 0.25) is 10.0 Å². The summed E-state index contributed by atoms with van der Waals surface area (Å²) >= 11 is 11.8. The molecule has 27 heavy (non-hydrogen) atoms. The van der Waals surface area contributed by atoms with Crippen molar-refractivity contribution in [3.63, 3.8) is 0 Å². The number of hydrogen-bond donors (Lipinski definition) is 1. The topological polar surface area (TPSA) is 64.6 Å². The fourth-order valence-electron chi connectivity index (χ4n) is 2.10. The molecule has 0 aliphatic rings. The van der Waals surface area contributed by atoms with Crippen LogP contribution in [0.1, 0.15) is 12.5 Å². The number of amides is 1. The highest BCUT2D eigenvalue weighted by atomic mass is 35.5. The van der Waals surface area contributed by atoms with Crippen LogP contribution in [0.25, 0.3) is 0 Å². The summed E-state index contributed by atoms with van der Waals surface area (Å²) in [5, 5.41) is 2.80. The molecule has 0 aliphatic heterocycles. The minimum absolute atomic E-state index is 0.0806. The summed E-state index contributed by atoms with van der Waals surface area (Å²) in [6.45, 7) is -1.61. The van der Waals surface area contributed by atoms with Crippen LogP contribution in [0.3, 0.4) is 0 Å². The molecular formula is C18H15Cl2F2NO4. The predicted molar refractivity (Wildman–Crippen MR) is 97.4 cm³/mol. The number of hydrogen-bond acceptors (Lipinski definition) is 4. The molecule has 0 bridgehead atoms. The van der Waals surface area contributed by atoms with Crippen molar-refractivity contribution in [3.8, 4) is 5.75 Å². The van der Waals surface area contributed by atoms with E-state index in [9.17, 15) is 18.4 Å². The number of alkyl halides is 2. The lowest BCUT2D eigenvalue weighted by Gasteiger charge is -2.14. The minimum Gasteiger partial charge on any atom is -0.452 e. The lowest BCUT2D eigenvalue weighted by molar-refractivity contribution is -0.152. The van der Waals surface area contributed by atoms with Crippen LogP contribution in [0.5, 0.6) is 5.75 Å². The monoisotopic (exact) mass is 417 g/mol. The summed E-state index contributed by atoms with van der Waals surface area (Å²) in [5.41, 5.74) is 0.818. The van der Waals surface area contributed by atoms with E-state index in [2.05, 4.69) is 10.1 Å². The molecule has 0 radical (unpaired) electrons. The second kappa shape index (κ2) is 9.53. The van der Waals surface area contributed by atoms with E-state index in [0.717, 1.165) is 0 Å². The Morgan fingerprint density at radius 3 is 2.44 bits per heavy atom. The third kappa shape index (κ3) is 6.37. The zero-order chi connectivity index (χ0) is 20.0. The Labute approximate surface area is 164 Å². The second-order valence-corrected chi connectivity index (χ2v) is 6.23.